The van der Waals surface area contributed by atoms with Gasteiger partial charge in [-0.2, -0.15) is 0 Å². The zero-order valence-electron chi connectivity index (χ0n) is 12.3. The number of benzene rings is 1. The molecule has 1 aromatic carbocycles. The lowest BCUT2D eigenvalue weighted by Gasteiger charge is -2.09. The lowest BCUT2D eigenvalue weighted by molar-refractivity contribution is 0.0686. The van der Waals surface area contributed by atoms with Gasteiger partial charge in [-0.1, -0.05) is 6.92 Å². The quantitative estimate of drug-likeness (QED) is 0.693. The first kappa shape index (κ1) is 19.5. The summed E-state index contributed by atoms with van der Waals surface area (Å²) in [4.78, 5) is 10.8. The van der Waals surface area contributed by atoms with Crippen LogP contribution in [0.15, 0.2) is 12.1 Å². The van der Waals surface area contributed by atoms with Crippen LogP contribution in [-0.2, 0) is 20.8 Å². The molecule has 1 atom stereocenters. The molecule has 6 nitrogen and oxygen atoms in total. The second-order valence-corrected chi connectivity index (χ2v) is 8.35. The van der Waals surface area contributed by atoms with Crippen LogP contribution in [0, 0.1) is 11.6 Å². The predicted octanol–water partition coefficient (Wildman–Crippen LogP) is 1.95. The molecule has 0 aromatic heterocycles. The van der Waals surface area contributed by atoms with Crippen LogP contribution < -0.4 is 4.72 Å². The summed E-state index contributed by atoms with van der Waals surface area (Å²) < 4.78 is 64.1. The second kappa shape index (κ2) is 8.34. The number of halogens is 2. The van der Waals surface area contributed by atoms with Gasteiger partial charge in [0.2, 0.25) is 0 Å². The number of rotatable bonds is 9. The highest BCUT2D eigenvalue weighted by Crippen LogP contribution is 2.21. The van der Waals surface area contributed by atoms with Crippen molar-refractivity contribution in [3.63, 3.8) is 0 Å². The van der Waals surface area contributed by atoms with Crippen molar-refractivity contribution < 1.29 is 31.3 Å². The molecule has 1 rings (SSSR count). The largest absolute Gasteiger partial charge is 0.477 e. The van der Waals surface area contributed by atoms with Gasteiger partial charge in [0.1, 0.15) is 32.2 Å². The van der Waals surface area contributed by atoms with E-state index >= 15 is 0 Å². The summed E-state index contributed by atoms with van der Waals surface area (Å²) in [5, 5.41) is 8.74. The van der Waals surface area contributed by atoms with Crippen LogP contribution in [0.5, 0.6) is 0 Å². The fourth-order valence-corrected chi connectivity index (χ4v) is 4.33. The average molecular weight is 369 g/mol. The number of hydrogen-bond donors (Lipinski definition) is 2. The number of carbonyl (C=O) groups is 1. The number of anilines is 1. The normalized spacial score (nSPS) is 12.8. The predicted molar refractivity (Wildman–Crippen MR) is 83.5 cm³/mol. The van der Waals surface area contributed by atoms with E-state index in [1.807, 2.05) is 0 Å². The summed E-state index contributed by atoms with van der Waals surface area (Å²) in [7, 11) is -5.01. The smallest absolute Gasteiger partial charge is 0.341 e. The van der Waals surface area contributed by atoms with E-state index in [1.165, 1.54) is 0 Å². The molecule has 0 aliphatic rings. The molecular weight excluding hydrogens is 352 g/mol. The average Bonchev–Trinajstić information content (AvgIpc) is 2.41. The summed E-state index contributed by atoms with van der Waals surface area (Å²) in [5.41, 5.74) is -1.56. The summed E-state index contributed by atoms with van der Waals surface area (Å²) in [6.07, 6.45) is 0.596. The molecule has 2 N–H and O–H groups in total. The Morgan fingerprint density at radius 2 is 1.96 bits per heavy atom. The molecule has 0 fully saturated rings. The molecule has 0 heterocycles. The van der Waals surface area contributed by atoms with Crippen LogP contribution >= 0.6 is 0 Å². The Balaban J connectivity index is 2.69. The standard InChI is InChI=1S/C13H17F2NO5S2/c1-2-7-23(20,21)8-3-6-22(19)16-10-5-4-9(14)11(12(10)15)13(17)18/h4-5,16H,2-3,6-8H2,1H3,(H,17,18). The van der Waals surface area contributed by atoms with Crippen molar-refractivity contribution in [2.45, 2.75) is 19.8 Å². The third kappa shape index (κ3) is 5.87. The van der Waals surface area contributed by atoms with Crippen LogP contribution in [0.1, 0.15) is 30.1 Å². The Labute approximate surface area is 135 Å². The Bertz CT molecular complexity index is 707. The van der Waals surface area contributed by atoms with Crippen LogP contribution in [-0.4, -0.2) is 41.0 Å². The van der Waals surface area contributed by atoms with Gasteiger partial charge in [0.25, 0.3) is 0 Å². The molecule has 0 spiro atoms. The van der Waals surface area contributed by atoms with Crippen LogP contribution in [0.25, 0.3) is 0 Å². The molecule has 1 unspecified atom stereocenters. The maximum atomic E-state index is 13.8. The Morgan fingerprint density at radius 3 is 2.52 bits per heavy atom. The minimum absolute atomic E-state index is 0.0433. The van der Waals surface area contributed by atoms with Gasteiger partial charge in [-0.15, -0.1) is 0 Å². The van der Waals surface area contributed by atoms with Crippen molar-refractivity contribution in [1.82, 2.24) is 0 Å². The van der Waals surface area contributed by atoms with E-state index in [9.17, 15) is 26.2 Å². The fraction of sp³-hybridized carbons (Fsp3) is 0.462. The summed E-state index contributed by atoms with van der Waals surface area (Å²) in [6, 6.07) is 1.68. The summed E-state index contributed by atoms with van der Waals surface area (Å²) >= 11 is 0. The van der Waals surface area contributed by atoms with E-state index in [1.54, 1.807) is 6.92 Å². The number of hydrogen-bond acceptors (Lipinski definition) is 4. The van der Waals surface area contributed by atoms with Crippen molar-refractivity contribution >= 4 is 32.5 Å². The molecule has 1 aromatic rings. The van der Waals surface area contributed by atoms with Gasteiger partial charge < -0.3 is 9.83 Å². The highest BCUT2D eigenvalue weighted by atomic mass is 32.2. The van der Waals surface area contributed by atoms with E-state index in [2.05, 4.69) is 4.72 Å². The SMILES string of the molecule is CCCS(=O)(=O)CCCS(=O)Nc1ccc(F)c(C(=O)O)c1F. The Kier molecular flexibility index (Phi) is 7.07. The molecule has 0 radical (unpaired) electrons. The highest BCUT2D eigenvalue weighted by molar-refractivity contribution is 7.91. The van der Waals surface area contributed by atoms with Gasteiger partial charge in [-0.05, 0) is 25.0 Å². The van der Waals surface area contributed by atoms with Gasteiger partial charge in [0.15, 0.2) is 5.82 Å². The molecule has 0 amide bonds. The molecule has 23 heavy (non-hydrogen) atoms. The van der Waals surface area contributed by atoms with Crippen molar-refractivity contribution in [3.05, 3.63) is 29.3 Å². The Hall–Kier alpha value is -1.55. The number of carboxylic acids is 1. The molecule has 0 saturated carbocycles. The minimum atomic E-state index is -3.20. The minimum Gasteiger partial charge on any atom is -0.477 e. The third-order valence-electron chi connectivity index (χ3n) is 2.83. The summed E-state index contributed by atoms with van der Waals surface area (Å²) in [6.45, 7) is 1.73. The first-order chi connectivity index (χ1) is 10.7. The fourth-order valence-electron chi connectivity index (χ4n) is 1.82. The Morgan fingerprint density at radius 1 is 1.30 bits per heavy atom. The van der Waals surface area contributed by atoms with Gasteiger partial charge in [-0.25, -0.2) is 26.2 Å². The first-order valence-corrected chi connectivity index (χ1v) is 9.88. The van der Waals surface area contributed by atoms with Gasteiger partial charge >= 0.3 is 5.97 Å². The van der Waals surface area contributed by atoms with E-state index < -0.39 is 49.7 Å². The summed E-state index contributed by atoms with van der Waals surface area (Å²) in [5.74, 6) is -4.54. The van der Waals surface area contributed by atoms with Crippen molar-refractivity contribution in [2.75, 3.05) is 22.0 Å². The molecular formula is C13H17F2NO5S2. The molecule has 10 heteroatoms. The van der Waals surface area contributed by atoms with Crippen LogP contribution in [0.3, 0.4) is 0 Å². The van der Waals surface area contributed by atoms with Gasteiger partial charge in [0, 0.05) is 11.5 Å². The molecule has 130 valence electrons. The first-order valence-electron chi connectivity index (χ1n) is 6.74. The lowest BCUT2D eigenvalue weighted by atomic mass is 10.2. The molecule has 0 aliphatic heterocycles. The second-order valence-electron chi connectivity index (χ2n) is 4.75. The van der Waals surface area contributed by atoms with Gasteiger partial charge in [-0.3, -0.25) is 0 Å². The van der Waals surface area contributed by atoms with E-state index in [0.29, 0.717) is 6.42 Å². The topological polar surface area (TPSA) is 101 Å². The van der Waals surface area contributed by atoms with Crippen LogP contribution in [0.4, 0.5) is 14.5 Å². The number of nitrogens with one attached hydrogen (secondary N) is 1. The molecule has 0 saturated heterocycles. The zero-order valence-corrected chi connectivity index (χ0v) is 14.0. The van der Waals surface area contributed by atoms with Crippen LogP contribution in [0.2, 0.25) is 0 Å². The monoisotopic (exact) mass is 369 g/mol. The van der Waals surface area contributed by atoms with E-state index in [4.69, 9.17) is 5.11 Å². The molecule has 0 bridgehead atoms. The number of carboxylic acid groups (broad SMARTS) is 1. The lowest BCUT2D eigenvalue weighted by Crippen LogP contribution is -2.16. The number of sulfone groups is 1. The maximum Gasteiger partial charge on any atom is 0.341 e. The molecule has 0 aliphatic carbocycles. The third-order valence-corrected chi connectivity index (χ3v) is 5.88. The van der Waals surface area contributed by atoms with Crippen molar-refractivity contribution in [2.24, 2.45) is 0 Å². The van der Waals surface area contributed by atoms with Crippen molar-refractivity contribution in [3.8, 4) is 0 Å². The highest BCUT2D eigenvalue weighted by Gasteiger charge is 2.20. The van der Waals surface area contributed by atoms with E-state index in [0.717, 1.165) is 12.1 Å². The van der Waals surface area contributed by atoms with E-state index in [-0.39, 0.29) is 23.7 Å². The van der Waals surface area contributed by atoms with Gasteiger partial charge in [0.05, 0.1) is 11.4 Å². The maximum absolute atomic E-state index is 13.8. The number of aromatic carboxylic acids is 1. The van der Waals surface area contributed by atoms with Crippen molar-refractivity contribution in [1.29, 1.82) is 0 Å². The zero-order chi connectivity index (χ0) is 17.6.